The largest absolute Gasteiger partial charge is 0.493 e. The molecule has 0 radical (unpaired) electrons. The molecular formula is C34H38N4O7. The number of methoxy groups -OCH3 is 3. The van der Waals surface area contributed by atoms with Gasteiger partial charge in [0.15, 0.2) is 11.5 Å². The minimum absolute atomic E-state index is 0.0143. The lowest BCUT2D eigenvalue weighted by atomic mass is 9.75. The topological polar surface area (TPSA) is 119 Å². The van der Waals surface area contributed by atoms with Crippen LogP contribution in [0, 0.1) is 11.3 Å². The third-order valence-corrected chi connectivity index (χ3v) is 9.35. The number of aryl methyl sites for hydroxylation is 1. The number of nitrogens with one attached hydrogen (secondary N) is 1. The Hall–Kier alpha value is -4.64. The summed E-state index contributed by atoms with van der Waals surface area (Å²) in [7, 11) is 4.52. The lowest BCUT2D eigenvalue weighted by molar-refractivity contribution is -0.144. The molecule has 2 bridgehead atoms. The van der Waals surface area contributed by atoms with Gasteiger partial charge in [-0.25, -0.2) is 9.69 Å². The van der Waals surface area contributed by atoms with E-state index in [-0.39, 0.29) is 30.4 Å². The van der Waals surface area contributed by atoms with Crippen molar-refractivity contribution in [3.05, 3.63) is 81.8 Å². The Bertz CT molecular complexity index is 1680. The molecular weight excluding hydrogens is 576 g/mol. The Kier molecular flexibility index (Phi) is 8.13. The molecule has 11 heteroatoms. The third-order valence-electron chi connectivity index (χ3n) is 9.35. The number of carbonyl (C=O) groups excluding carboxylic acids is 3. The average molecular weight is 615 g/mol. The maximum Gasteiger partial charge on any atom is 0.335 e. The van der Waals surface area contributed by atoms with Gasteiger partial charge >= 0.3 is 6.03 Å². The van der Waals surface area contributed by atoms with E-state index in [1.54, 1.807) is 36.4 Å². The van der Waals surface area contributed by atoms with E-state index in [0.717, 1.165) is 29.0 Å². The second-order valence-corrected chi connectivity index (χ2v) is 12.1. The summed E-state index contributed by atoms with van der Waals surface area (Å²) >= 11 is 0. The Morgan fingerprint density at radius 2 is 1.58 bits per heavy atom. The standard InChI is InChI=1S/C34H38N4O7/c1-5-21-9-11-25(12-10-21)38-32(41)34(31(40)35-33(38)42,16-22-14-27(43-2)30(45-4)28(15-22)44-3)20-36-17-23-13-24(19-36)26-7-6-8-29(39)37(26)18-23/h6-12,14-15,23-24H,5,13,16-20H2,1-4H3,(H,35,40,42)/t23-,24+,34+/m1/s1. The molecule has 3 aliphatic heterocycles. The Labute approximate surface area is 261 Å². The first-order valence-electron chi connectivity index (χ1n) is 15.2. The molecule has 0 unspecified atom stereocenters. The Morgan fingerprint density at radius 3 is 2.22 bits per heavy atom. The fourth-order valence-electron chi connectivity index (χ4n) is 7.23. The van der Waals surface area contributed by atoms with Crippen LogP contribution in [0.1, 0.15) is 36.1 Å². The second kappa shape index (κ2) is 12.0. The number of piperidine rings is 1. The number of carbonyl (C=O) groups is 3. The highest BCUT2D eigenvalue weighted by Gasteiger charge is 2.56. The van der Waals surface area contributed by atoms with E-state index in [0.29, 0.717) is 48.1 Å². The monoisotopic (exact) mass is 614 g/mol. The zero-order valence-corrected chi connectivity index (χ0v) is 26.0. The van der Waals surface area contributed by atoms with Crippen LogP contribution in [-0.4, -0.2) is 68.3 Å². The van der Waals surface area contributed by atoms with Gasteiger partial charge in [-0.05, 0) is 66.6 Å². The molecule has 3 aliphatic rings. The molecule has 3 atom stereocenters. The first-order valence-corrected chi connectivity index (χ1v) is 15.2. The van der Waals surface area contributed by atoms with Gasteiger partial charge in [-0.2, -0.15) is 0 Å². The number of aromatic nitrogens is 1. The van der Waals surface area contributed by atoms with E-state index in [1.807, 2.05) is 29.7 Å². The fourth-order valence-corrected chi connectivity index (χ4v) is 7.23. The summed E-state index contributed by atoms with van der Waals surface area (Å²) in [6, 6.07) is 15.2. The van der Waals surface area contributed by atoms with Crippen molar-refractivity contribution in [2.24, 2.45) is 11.3 Å². The van der Waals surface area contributed by atoms with Crippen molar-refractivity contribution in [3.8, 4) is 17.2 Å². The number of hydrogen-bond donors (Lipinski definition) is 1. The second-order valence-electron chi connectivity index (χ2n) is 12.1. The number of benzene rings is 2. The summed E-state index contributed by atoms with van der Waals surface area (Å²) in [5, 5.41) is 2.51. The highest BCUT2D eigenvalue weighted by atomic mass is 16.5. The van der Waals surface area contributed by atoms with Crippen LogP contribution in [0.25, 0.3) is 0 Å². The third kappa shape index (κ3) is 5.35. The number of amides is 4. The van der Waals surface area contributed by atoms with E-state index in [1.165, 1.54) is 21.3 Å². The molecule has 45 heavy (non-hydrogen) atoms. The number of pyridine rings is 1. The van der Waals surface area contributed by atoms with Crippen molar-refractivity contribution in [2.75, 3.05) is 45.9 Å². The van der Waals surface area contributed by atoms with E-state index in [2.05, 4.69) is 10.2 Å². The lowest BCUT2D eigenvalue weighted by Gasteiger charge is -2.47. The number of imide groups is 2. The molecule has 0 aliphatic carbocycles. The zero-order valence-electron chi connectivity index (χ0n) is 26.0. The first-order chi connectivity index (χ1) is 21.7. The summed E-state index contributed by atoms with van der Waals surface area (Å²) in [6.45, 7) is 3.86. The molecule has 2 fully saturated rings. The van der Waals surface area contributed by atoms with Crippen molar-refractivity contribution >= 4 is 23.5 Å². The number of rotatable bonds is 9. The zero-order chi connectivity index (χ0) is 31.9. The van der Waals surface area contributed by atoms with Gasteiger partial charge in [0.1, 0.15) is 5.41 Å². The SMILES string of the molecule is CCc1ccc(N2C(=O)NC(=O)[C@](Cc3cc(OC)c(OC)c(OC)c3)(CN3C[C@H]4C[C@@H](C3)c3cccc(=O)n3C4)C2=O)cc1. The van der Waals surface area contributed by atoms with Gasteiger partial charge in [0.05, 0.1) is 27.0 Å². The molecule has 236 valence electrons. The van der Waals surface area contributed by atoms with E-state index >= 15 is 0 Å². The number of likely N-dealkylation sites (tertiary alicyclic amines) is 1. The van der Waals surface area contributed by atoms with Gasteiger partial charge < -0.3 is 23.7 Å². The predicted octanol–water partition coefficient (Wildman–Crippen LogP) is 3.37. The molecule has 4 heterocycles. The van der Waals surface area contributed by atoms with Crippen LogP contribution in [0.15, 0.2) is 59.4 Å². The van der Waals surface area contributed by atoms with Gasteiger partial charge in [-0.1, -0.05) is 25.1 Å². The number of nitrogens with zero attached hydrogens (tertiary/aromatic N) is 3. The summed E-state index contributed by atoms with van der Waals surface area (Å²) < 4.78 is 18.5. The van der Waals surface area contributed by atoms with E-state index in [9.17, 15) is 19.2 Å². The maximum atomic E-state index is 14.7. The van der Waals surface area contributed by atoms with Gasteiger partial charge in [-0.15, -0.1) is 0 Å². The average Bonchev–Trinajstić information content (AvgIpc) is 3.04. The molecule has 3 aromatic rings. The minimum atomic E-state index is -1.66. The first kappa shape index (κ1) is 30.4. The maximum absolute atomic E-state index is 14.7. The van der Waals surface area contributed by atoms with Crippen LogP contribution < -0.4 is 30.0 Å². The molecule has 11 nitrogen and oxygen atoms in total. The summed E-state index contributed by atoms with van der Waals surface area (Å²) in [5.74, 6) is 0.178. The van der Waals surface area contributed by atoms with Crippen LogP contribution in [0.2, 0.25) is 0 Å². The summed E-state index contributed by atoms with van der Waals surface area (Å²) in [5.41, 5.74) is 1.35. The number of urea groups is 1. The van der Waals surface area contributed by atoms with Crippen LogP contribution >= 0.6 is 0 Å². The van der Waals surface area contributed by atoms with Crippen molar-refractivity contribution in [3.63, 3.8) is 0 Å². The number of barbiturate groups is 1. The number of hydrogen-bond acceptors (Lipinski definition) is 8. The van der Waals surface area contributed by atoms with Gasteiger partial charge in [-0.3, -0.25) is 19.7 Å². The molecule has 1 aromatic heterocycles. The van der Waals surface area contributed by atoms with E-state index in [4.69, 9.17) is 14.2 Å². The number of fused-ring (bicyclic) bond motifs is 4. The van der Waals surface area contributed by atoms with Gasteiger partial charge in [0.2, 0.25) is 11.7 Å². The minimum Gasteiger partial charge on any atom is -0.493 e. The molecule has 1 N–H and O–H groups in total. The summed E-state index contributed by atoms with van der Waals surface area (Å²) in [6.07, 6.45) is 1.71. The van der Waals surface area contributed by atoms with E-state index < -0.39 is 23.3 Å². The lowest BCUT2D eigenvalue weighted by Crippen LogP contribution is -2.68. The number of ether oxygens (including phenoxy) is 3. The quantitative estimate of drug-likeness (QED) is 0.365. The van der Waals surface area contributed by atoms with Gasteiger partial charge in [0.25, 0.3) is 11.5 Å². The van der Waals surface area contributed by atoms with Crippen molar-refractivity contribution < 1.29 is 28.6 Å². The van der Waals surface area contributed by atoms with Crippen molar-refractivity contribution in [1.29, 1.82) is 0 Å². The van der Waals surface area contributed by atoms with Gasteiger partial charge in [0, 0.05) is 43.9 Å². The number of anilines is 1. The van der Waals surface area contributed by atoms with Crippen LogP contribution in [0.4, 0.5) is 10.5 Å². The molecule has 4 amide bonds. The molecule has 2 aromatic carbocycles. The van der Waals surface area contributed by atoms with Crippen molar-refractivity contribution in [2.45, 2.75) is 38.6 Å². The van der Waals surface area contributed by atoms with Crippen LogP contribution in [0.5, 0.6) is 17.2 Å². The molecule has 0 saturated carbocycles. The molecule has 6 rings (SSSR count). The predicted molar refractivity (Wildman–Crippen MR) is 167 cm³/mol. The Morgan fingerprint density at radius 1 is 0.867 bits per heavy atom. The highest BCUT2D eigenvalue weighted by molar-refractivity contribution is 6.30. The van der Waals surface area contributed by atoms with Crippen LogP contribution in [0.3, 0.4) is 0 Å². The Balaban J connectivity index is 1.42. The molecule has 2 saturated heterocycles. The van der Waals surface area contributed by atoms with Crippen LogP contribution in [-0.2, 0) is 29.0 Å². The van der Waals surface area contributed by atoms with Crippen molar-refractivity contribution in [1.82, 2.24) is 14.8 Å². The smallest absolute Gasteiger partial charge is 0.335 e. The summed E-state index contributed by atoms with van der Waals surface area (Å²) in [4.78, 5) is 57.9. The highest BCUT2D eigenvalue weighted by Crippen LogP contribution is 2.43. The molecule has 0 spiro atoms. The normalized spacial score (nSPS) is 22.9. The fraction of sp³-hybridized carbons (Fsp3) is 0.412.